The van der Waals surface area contributed by atoms with E-state index in [0.717, 1.165) is 33.7 Å². The zero-order valence-electron chi connectivity index (χ0n) is 12.8. The number of imidazole rings is 1. The summed E-state index contributed by atoms with van der Waals surface area (Å²) in [6, 6.07) is 6.38. The van der Waals surface area contributed by atoms with E-state index in [2.05, 4.69) is 18.4 Å². The smallest absolute Gasteiger partial charge is 0.128 e. The quantitative estimate of drug-likeness (QED) is 0.620. The molecule has 0 spiro atoms. The lowest BCUT2D eigenvalue weighted by molar-refractivity contribution is 0.211. The van der Waals surface area contributed by atoms with Crippen molar-refractivity contribution in [3.8, 4) is 0 Å². The lowest BCUT2D eigenvalue weighted by Gasteiger charge is -2.34. The first kappa shape index (κ1) is 15.2. The predicted octanol–water partition coefficient (Wildman–Crippen LogP) is 5.99. The molecule has 114 valence electrons. The van der Waals surface area contributed by atoms with Crippen LogP contribution in [0.15, 0.2) is 18.2 Å². The van der Waals surface area contributed by atoms with Gasteiger partial charge in [-0.05, 0) is 50.2 Å². The molecule has 4 atom stereocenters. The Hall–Kier alpha value is -0.730. The van der Waals surface area contributed by atoms with Crippen LogP contribution in [0.3, 0.4) is 0 Å². The molecule has 1 fully saturated rings. The summed E-state index contributed by atoms with van der Waals surface area (Å²) in [6.07, 6.45) is 3.61. The van der Waals surface area contributed by atoms with E-state index >= 15 is 0 Å². The van der Waals surface area contributed by atoms with Crippen molar-refractivity contribution in [2.75, 3.05) is 0 Å². The van der Waals surface area contributed by atoms with Gasteiger partial charge in [0.15, 0.2) is 0 Å². The third kappa shape index (κ3) is 2.68. The Morgan fingerprint density at radius 2 is 2.00 bits per heavy atom. The highest BCUT2D eigenvalue weighted by molar-refractivity contribution is 6.35. The Balaban J connectivity index is 2.13. The second-order valence-corrected chi connectivity index (χ2v) is 7.55. The Morgan fingerprint density at radius 3 is 2.67 bits per heavy atom. The maximum Gasteiger partial charge on any atom is 0.128 e. The minimum absolute atomic E-state index is 0.108. The molecule has 2 nitrogen and oxygen atoms in total. The molecule has 1 saturated carbocycles. The third-order valence-electron chi connectivity index (χ3n) is 4.98. The fourth-order valence-electron chi connectivity index (χ4n) is 3.53. The number of nitrogens with zero attached hydrogens (tertiary/aromatic N) is 2. The summed E-state index contributed by atoms with van der Waals surface area (Å²) in [5, 5.41) is 0.665. The fraction of sp³-hybridized carbons (Fsp3) is 0.588. The van der Waals surface area contributed by atoms with Gasteiger partial charge in [-0.25, -0.2) is 4.98 Å². The van der Waals surface area contributed by atoms with Crippen molar-refractivity contribution in [2.45, 2.75) is 51.5 Å². The first-order chi connectivity index (χ1) is 9.99. The van der Waals surface area contributed by atoms with Gasteiger partial charge < -0.3 is 4.57 Å². The van der Waals surface area contributed by atoms with Gasteiger partial charge in [0.05, 0.1) is 21.4 Å². The topological polar surface area (TPSA) is 17.8 Å². The number of alkyl halides is 1. The molecule has 1 aliphatic carbocycles. The van der Waals surface area contributed by atoms with E-state index in [1.165, 1.54) is 19.3 Å². The Morgan fingerprint density at radius 1 is 1.24 bits per heavy atom. The second-order valence-electron chi connectivity index (χ2n) is 6.49. The maximum absolute atomic E-state index is 6.46. The highest BCUT2D eigenvalue weighted by atomic mass is 35.5. The van der Waals surface area contributed by atoms with E-state index in [9.17, 15) is 0 Å². The lowest BCUT2D eigenvalue weighted by Crippen LogP contribution is -2.24. The molecule has 1 aromatic carbocycles. The van der Waals surface area contributed by atoms with Crippen molar-refractivity contribution in [1.82, 2.24) is 9.55 Å². The summed E-state index contributed by atoms with van der Waals surface area (Å²) in [5.41, 5.74) is 2.00. The van der Waals surface area contributed by atoms with E-state index in [1.807, 2.05) is 25.1 Å². The highest BCUT2D eigenvalue weighted by Crippen LogP contribution is 2.41. The largest absolute Gasteiger partial charge is 0.322 e. The van der Waals surface area contributed by atoms with E-state index in [0.29, 0.717) is 6.04 Å². The van der Waals surface area contributed by atoms with Crippen molar-refractivity contribution in [3.63, 3.8) is 0 Å². The monoisotopic (exact) mass is 324 g/mol. The lowest BCUT2D eigenvalue weighted by atomic mass is 9.79. The summed E-state index contributed by atoms with van der Waals surface area (Å²) in [6.45, 7) is 6.69. The summed E-state index contributed by atoms with van der Waals surface area (Å²) >= 11 is 12.9. The number of para-hydroxylation sites is 1. The molecule has 0 N–H and O–H groups in total. The second kappa shape index (κ2) is 5.81. The molecule has 4 unspecified atom stereocenters. The molecular formula is C17H22Cl2N2. The number of benzene rings is 1. The van der Waals surface area contributed by atoms with Gasteiger partial charge in [0.25, 0.3) is 0 Å². The molecular weight excluding hydrogens is 303 g/mol. The summed E-state index contributed by atoms with van der Waals surface area (Å²) in [5.74, 6) is 2.47. The summed E-state index contributed by atoms with van der Waals surface area (Å²) in [7, 11) is 0. The molecule has 1 aliphatic rings. The van der Waals surface area contributed by atoms with Crippen LogP contribution in [-0.4, -0.2) is 9.55 Å². The van der Waals surface area contributed by atoms with E-state index in [1.54, 1.807) is 0 Å². The molecule has 0 aliphatic heterocycles. The number of aromatic nitrogens is 2. The molecule has 21 heavy (non-hydrogen) atoms. The number of rotatable bonds is 2. The van der Waals surface area contributed by atoms with Crippen LogP contribution in [0.4, 0.5) is 0 Å². The van der Waals surface area contributed by atoms with Crippen LogP contribution in [-0.2, 0) is 0 Å². The molecule has 1 heterocycles. The standard InChI is InChI=1S/C17H22Cl2N2/c1-10-7-8-13(9-11(10)2)21-16-14(19)5-4-6-15(16)20-17(21)12(3)18/h4-6,10-13H,7-9H2,1-3H3. The SMILES string of the molecule is CC(Cl)c1nc2cccc(Cl)c2n1C1CCC(C)C(C)C1. The number of hydrogen-bond donors (Lipinski definition) is 0. The number of halogens is 2. The van der Waals surface area contributed by atoms with Crippen molar-refractivity contribution >= 4 is 34.2 Å². The van der Waals surface area contributed by atoms with E-state index in [-0.39, 0.29) is 5.38 Å². The zero-order valence-corrected chi connectivity index (χ0v) is 14.3. The minimum atomic E-state index is -0.108. The van der Waals surface area contributed by atoms with Crippen molar-refractivity contribution in [2.24, 2.45) is 11.8 Å². The van der Waals surface area contributed by atoms with Gasteiger partial charge in [-0.2, -0.15) is 0 Å². The van der Waals surface area contributed by atoms with Gasteiger partial charge in [0.2, 0.25) is 0 Å². The Labute approximate surface area is 136 Å². The average molecular weight is 325 g/mol. The van der Waals surface area contributed by atoms with Gasteiger partial charge in [-0.15, -0.1) is 11.6 Å². The minimum Gasteiger partial charge on any atom is -0.322 e. The van der Waals surface area contributed by atoms with Crippen molar-refractivity contribution < 1.29 is 0 Å². The normalized spacial score (nSPS) is 28.0. The Kier molecular flexibility index (Phi) is 4.20. The number of hydrogen-bond acceptors (Lipinski definition) is 1. The van der Waals surface area contributed by atoms with Crippen LogP contribution in [0.5, 0.6) is 0 Å². The van der Waals surface area contributed by atoms with Crippen LogP contribution in [0.2, 0.25) is 5.02 Å². The predicted molar refractivity (Wildman–Crippen MR) is 90.2 cm³/mol. The van der Waals surface area contributed by atoms with Crippen LogP contribution >= 0.6 is 23.2 Å². The molecule has 4 heteroatoms. The molecule has 2 aromatic rings. The van der Waals surface area contributed by atoms with Crippen LogP contribution < -0.4 is 0 Å². The highest BCUT2D eigenvalue weighted by Gasteiger charge is 2.29. The van der Waals surface area contributed by atoms with Gasteiger partial charge in [0.1, 0.15) is 5.82 Å². The first-order valence-electron chi connectivity index (χ1n) is 7.79. The first-order valence-corrected chi connectivity index (χ1v) is 8.61. The Bertz CT molecular complexity index is 648. The maximum atomic E-state index is 6.46. The summed E-state index contributed by atoms with van der Waals surface area (Å²) in [4.78, 5) is 4.74. The average Bonchev–Trinajstić information content (AvgIpc) is 2.83. The van der Waals surface area contributed by atoms with Crippen LogP contribution in [0.25, 0.3) is 11.0 Å². The van der Waals surface area contributed by atoms with E-state index < -0.39 is 0 Å². The molecule has 0 saturated heterocycles. The zero-order chi connectivity index (χ0) is 15.1. The van der Waals surface area contributed by atoms with Crippen molar-refractivity contribution in [3.05, 3.63) is 29.0 Å². The van der Waals surface area contributed by atoms with E-state index in [4.69, 9.17) is 28.2 Å². The molecule has 0 amide bonds. The third-order valence-corrected chi connectivity index (χ3v) is 5.48. The number of fused-ring (bicyclic) bond motifs is 1. The van der Waals surface area contributed by atoms with Crippen LogP contribution in [0, 0.1) is 11.8 Å². The van der Waals surface area contributed by atoms with Gasteiger partial charge in [-0.3, -0.25) is 0 Å². The van der Waals surface area contributed by atoms with Crippen molar-refractivity contribution in [1.29, 1.82) is 0 Å². The van der Waals surface area contributed by atoms with Gasteiger partial charge in [-0.1, -0.05) is 31.5 Å². The molecule has 0 bridgehead atoms. The molecule has 3 rings (SSSR count). The molecule has 0 radical (unpaired) electrons. The van der Waals surface area contributed by atoms with Gasteiger partial charge in [0, 0.05) is 6.04 Å². The molecule has 1 aromatic heterocycles. The van der Waals surface area contributed by atoms with Gasteiger partial charge >= 0.3 is 0 Å². The van der Waals surface area contributed by atoms with Crippen LogP contribution in [0.1, 0.15) is 57.3 Å². The fourth-order valence-corrected chi connectivity index (χ4v) is 3.94. The summed E-state index contributed by atoms with van der Waals surface area (Å²) < 4.78 is 2.32.